The molecule has 1 saturated heterocycles. The van der Waals surface area contributed by atoms with Gasteiger partial charge >= 0.3 is 0 Å². The predicted octanol–water partition coefficient (Wildman–Crippen LogP) is 1.17. The average Bonchev–Trinajstić information content (AvgIpc) is 3.29. The van der Waals surface area contributed by atoms with Crippen LogP contribution in [0.15, 0.2) is 21.5 Å². The fraction of sp³-hybridized carbons (Fsp3) is 0.556. The van der Waals surface area contributed by atoms with E-state index < -0.39 is 0 Å². The lowest BCUT2D eigenvalue weighted by Crippen LogP contribution is -2.29. The number of hydrogen-bond donors (Lipinski definition) is 1. The highest BCUT2D eigenvalue weighted by atomic mass is 16.5. The number of nitrogens with one attached hydrogen (secondary N) is 1. The Morgan fingerprint density at radius 2 is 2.26 bits per heavy atom. The van der Waals surface area contributed by atoms with Crippen LogP contribution in [0.4, 0.5) is 5.95 Å². The van der Waals surface area contributed by atoms with Gasteiger partial charge in [0.1, 0.15) is 5.76 Å². The third-order valence-corrected chi connectivity index (χ3v) is 4.55. The highest BCUT2D eigenvalue weighted by Gasteiger charge is 2.28. The lowest BCUT2D eigenvalue weighted by molar-refractivity contribution is -0.130. The Bertz CT molecular complexity index is 844. The second kappa shape index (κ2) is 8.24. The summed E-state index contributed by atoms with van der Waals surface area (Å²) in [5, 5.41) is 3.80. The summed E-state index contributed by atoms with van der Waals surface area (Å²) in [4.78, 5) is 35.2. The van der Waals surface area contributed by atoms with Gasteiger partial charge in [-0.1, -0.05) is 0 Å². The van der Waals surface area contributed by atoms with Gasteiger partial charge in [-0.05, 0) is 18.5 Å². The van der Waals surface area contributed by atoms with Crippen molar-refractivity contribution in [3.8, 4) is 5.88 Å². The van der Waals surface area contributed by atoms with Gasteiger partial charge in [0.15, 0.2) is 0 Å². The first-order valence-electron chi connectivity index (χ1n) is 9.11. The van der Waals surface area contributed by atoms with Gasteiger partial charge in [0.25, 0.3) is 11.4 Å². The molecular formula is C18H25N5O4. The van der Waals surface area contributed by atoms with Gasteiger partial charge in [-0.15, -0.1) is 0 Å². The van der Waals surface area contributed by atoms with Gasteiger partial charge in [-0.3, -0.25) is 14.6 Å². The summed E-state index contributed by atoms with van der Waals surface area (Å²) in [5.74, 6) is 1.74. The lowest BCUT2D eigenvalue weighted by atomic mass is 10.1. The van der Waals surface area contributed by atoms with E-state index in [1.165, 1.54) is 6.07 Å². The second-order valence-electron chi connectivity index (χ2n) is 6.78. The molecule has 0 unspecified atom stereocenters. The molecule has 2 aromatic rings. The number of nitrogens with zero attached hydrogens (tertiary/aromatic N) is 4. The molecule has 0 saturated carbocycles. The smallest absolute Gasteiger partial charge is 0.254 e. The summed E-state index contributed by atoms with van der Waals surface area (Å²) >= 11 is 0. The largest absolute Gasteiger partial charge is 0.476 e. The van der Waals surface area contributed by atoms with Crippen molar-refractivity contribution in [2.75, 3.05) is 38.7 Å². The molecule has 0 aliphatic carbocycles. The maximum absolute atomic E-state index is 12.5. The molecule has 0 bridgehead atoms. The minimum Gasteiger partial charge on any atom is -0.476 e. The quantitative estimate of drug-likeness (QED) is 0.774. The highest BCUT2D eigenvalue weighted by Crippen LogP contribution is 2.26. The normalized spacial score (nSPS) is 16.6. The zero-order valence-corrected chi connectivity index (χ0v) is 15.9. The van der Waals surface area contributed by atoms with Crippen molar-refractivity contribution in [3.63, 3.8) is 0 Å². The number of rotatable bonds is 7. The molecule has 0 aromatic carbocycles. The standard InChI is InChI=1S/C18H25N5O4/c1-4-26-16-9-13(27-21-16)5-6-17(25)23-8-7-12(11-23)14-10-15(24)20-18(19-14)22(2)3/h9-10,12H,4-8,11H2,1-3H3,(H,19,20,24)/t12-/m1/s1. The van der Waals surface area contributed by atoms with Crippen LogP contribution in [0.2, 0.25) is 0 Å². The van der Waals surface area contributed by atoms with Crippen LogP contribution >= 0.6 is 0 Å². The fourth-order valence-electron chi connectivity index (χ4n) is 3.13. The molecule has 9 heteroatoms. The Kier molecular flexibility index (Phi) is 5.78. The van der Waals surface area contributed by atoms with E-state index in [0.29, 0.717) is 50.1 Å². The molecule has 9 nitrogen and oxygen atoms in total. The molecule has 0 spiro atoms. The third-order valence-electron chi connectivity index (χ3n) is 4.55. The first kappa shape index (κ1) is 18.9. The summed E-state index contributed by atoms with van der Waals surface area (Å²) in [7, 11) is 3.65. The molecule has 1 amide bonds. The average molecular weight is 375 g/mol. The molecule has 0 radical (unpaired) electrons. The van der Waals surface area contributed by atoms with E-state index in [4.69, 9.17) is 9.26 Å². The Labute approximate surface area is 157 Å². The number of hydrogen-bond acceptors (Lipinski definition) is 7. The van der Waals surface area contributed by atoms with Gasteiger partial charge in [0.05, 0.1) is 12.3 Å². The monoisotopic (exact) mass is 375 g/mol. The molecular weight excluding hydrogens is 350 g/mol. The van der Waals surface area contributed by atoms with Crippen molar-refractivity contribution >= 4 is 11.9 Å². The van der Waals surface area contributed by atoms with Crippen LogP contribution in [0.25, 0.3) is 0 Å². The van der Waals surface area contributed by atoms with E-state index in [2.05, 4.69) is 15.1 Å². The SMILES string of the molecule is CCOc1cc(CCC(=O)N2CC[C@@H](c3cc(=O)[nH]c(N(C)C)n3)C2)on1. The molecule has 3 rings (SSSR count). The molecule has 3 heterocycles. The van der Waals surface area contributed by atoms with Crippen molar-refractivity contribution in [1.82, 2.24) is 20.0 Å². The van der Waals surface area contributed by atoms with Crippen molar-refractivity contribution in [1.29, 1.82) is 0 Å². The van der Waals surface area contributed by atoms with Crippen molar-refractivity contribution in [3.05, 3.63) is 33.9 Å². The number of aromatic amines is 1. The number of amides is 1. The Morgan fingerprint density at radius 3 is 3.00 bits per heavy atom. The lowest BCUT2D eigenvalue weighted by Gasteiger charge is -2.17. The Hall–Kier alpha value is -2.84. The number of carbonyl (C=O) groups excluding carboxylic acids is 1. The second-order valence-corrected chi connectivity index (χ2v) is 6.78. The molecule has 1 atom stereocenters. The number of ether oxygens (including phenoxy) is 1. The van der Waals surface area contributed by atoms with Crippen LogP contribution in [0, 0.1) is 0 Å². The van der Waals surface area contributed by atoms with Crippen LogP contribution in [0.1, 0.15) is 37.1 Å². The molecule has 1 aliphatic rings. The van der Waals surface area contributed by atoms with Gasteiger partial charge in [-0.2, -0.15) is 0 Å². The minimum atomic E-state index is -0.177. The molecule has 2 aromatic heterocycles. The van der Waals surface area contributed by atoms with Crippen molar-refractivity contribution in [2.24, 2.45) is 0 Å². The van der Waals surface area contributed by atoms with Gasteiger partial charge in [0, 0.05) is 58.1 Å². The van der Waals surface area contributed by atoms with E-state index in [1.54, 1.807) is 11.0 Å². The maximum Gasteiger partial charge on any atom is 0.254 e. The number of aryl methyl sites for hydroxylation is 1. The summed E-state index contributed by atoms with van der Waals surface area (Å²) < 4.78 is 10.4. The van der Waals surface area contributed by atoms with Crippen LogP contribution in [0.3, 0.4) is 0 Å². The first-order chi connectivity index (χ1) is 13.0. The van der Waals surface area contributed by atoms with Gasteiger partial charge in [-0.25, -0.2) is 4.98 Å². The highest BCUT2D eigenvalue weighted by molar-refractivity contribution is 5.76. The summed E-state index contributed by atoms with van der Waals surface area (Å²) in [6.07, 6.45) is 1.62. The van der Waals surface area contributed by atoms with Crippen LogP contribution < -0.4 is 15.2 Å². The van der Waals surface area contributed by atoms with E-state index in [1.807, 2.05) is 25.9 Å². The number of anilines is 1. The summed E-state index contributed by atoms with van der Waals surface area (Å²) in [6, 6.07) is 3.24. The molecule has 1 aliphatic heterocycles. The van der Waals surface area contributed by atoms with Gasteiger partial charge in [0.2, 0.25) is 11.9 Å². The fourth-order valence-corrected chi connectivity index (χ4v) is 3.13. The minimum absolute atomic E-state index is 0.0598. The van der Waals surface area contributed by atoms with E-state index >= 15 is 0 Å². The van der Waals surface area contributed by atoms with Crippen molar-refractivity contribution in [2.45, 2.75) is 32.1 Å². The summed E-state index contributed by atoms with van der Waals surface area (Å²) in [6.45, 7) is 3.63. The van der Waals surface area contributed by atoms with Crippen LogP contribution in [-0.4, -0.2) is 59.7 Å². The third kappa shape index (κ3) is 4.66. The zero-order chi connectivity index (χ0) is 19.4. The van der Waals surface area contributed by atoms with Crippen molar-refractivity contribution < 1.29 is 14.1 Å². The zero-order valence-electron chi connectivity index (χ0n) is 15.9. The Morgan fingerprint density at radius 1 is 1.44 bits per heavy atom. The van der Waals surface area contributed by atoms with Gasteiger partial charge < -0.3 is 19.1 Å². The number of carbonyl (C=O) groups is 1. The topological polar surface area (TPSA) is 105 Å². The van der Waals surface area contributed by atoms with E-state index in [9.17, 15) is 9.59 Å². The predicted molar refractivity (Wildman–Crippen MR) is 99.1 cm³/mol. The maximum atomic E-state index is 12.5. The first-order valence-corrected chi connectivity index (χ1v) is 9.11. The molecule has 1 fully saturated rings. The number of likely N-dealkylation sites (tertiary alicyclic amines) is 1. The molecule has 27 heavy (non-hydrogen) atoms. The van der Waals surface area contributed by atoms with Crippen LogP contribution in [-0.2, 0) is 11.2 Å². The van der Waals surface area contributed by atoms with Crippen LogP contribution in [0.5, 0.6) is 5.88 Å². The number of aromatic nitrogens is 3. The molecule has 146 valence electrons. The van der Waals surface area contributed by atoms with E-state index in [0.717, 1.165) is 12.1 Å². The van der Waals surface area contributed by atoms with E-state index in [-0.39, 0.29) is 17.4 Å². The molecule has 1 N–H and O–H groups in total. The summed E-state index contributed by atoms with van der Waals surface area (Å²) in [5.41, 5.74) is 0.554. The number of H-pyrrole nitrogens is 1. The Balaban J connectivity index is 1.57.